The Morgan fingerprint density at radius 2 is 1.59 bits per heavy atom. The van der Waals surface area contributed by atoms with Gasteiger partial charge in [0.15, 0.2) is 0 Å². The first-order chi connectivity index (χ1) is 19.5. The quantitative estimate of drug-likeness (QED) is 0.290. The molecular weight excluding hydrogens is 555 g/mol. The van der Waals surface area contributed by atoms with Crippen LogP contribution in [0.5, 0.6) is 5.75 Å². The van der Waals surface area contributed by atoms with E-state index in [1.807, 2.05) is 0 Å². The van der Waals surface area contributed by atoms with Gasteiger partial charge in [-0.15, -0.1) is 0 Å². The molecule has 0 aromatic heterocycles. The highest BCUT2D eigenvalue weighted by molar-refractivity contribution is 6.31. The van der Waals surface area contributed by atoms with Gasteiger partial charge in [0.05, 0.1) is 18.2 Å². The highest BCUT2D eigenvalue weighted by Crippen LogP contribution is 2.61. The average Bonchev–Trinajstić information content (AvgIpc) is 2.93. The van der Waals surface area contributed by atoms with Gasteiger partial charge in [0.2, 0.25) is 0 Å². The highest BCUT2D eigenvalue weighted by Gasteiger charge is 2.56. The fourth-order valence-electron chi connectivity index (χ4n) is 7.86. The van der Waals surface area contributed by atoms with Gasteiger partial charge in [-0.3, -0.25) is 4.79 Å². The second kappa shape index (κ2) is 10.5. The number of methoxy groups -OCH3 is 1. The molecule has 1 N–H and O–H groups in total. The molecule has 1 amide bonds. The van der Waals surface area contributed by atoms with Crippen molar-refractivity contribution in [1.29, 1.82) is 0 Å². The fraction of sp³-hybridized carbons (Fsp3) is 0.438. The second-order valence-electron chi connectivity index (χ2n) is 12.0. The standard InChI is InChI=1S/C32H31ClF3NO4/c1-40-30(39)28(31-14-19-10-20(15-31)12-21(11-19)16-31)37-29(38)25-9-5-22-4-8-24(33)13-26(22)27(25)41-17-18-2-6-23(7-3-18)32(34,35)36/h2-9,13,19-21,28H,10-12,14-17H2,1H3,(H,37,38)/t19?,20?,21?,28-,31?/m1/s1. The molecule has 4 fully saturated rings. The monoisotopic (exact) mass is 585 g/mol. The van der Waals surface area contributed by atoms with E-state index in [0.29, 0.717) is 33.7 Å². The van der Waals surface area contributed by atoms with Crippen molar-refractivity contribution >= 4 is 34.2 Å². The SMILES string of the molecule is COC(=O)[C@@H](NC(=O)c1ccc2ccc(Cl)cc2c1OCc1ccc(C(F)(F)F)cc1)C12CC3CC(CC(C3)C1)C2. The minimum Gasteiger partial charge on any atom is -0.487 e. The van der Waals surface area contributed by atoms with Crippen molar-refractivity contribution in [2.45, 2.75) is 57.3 Å². The molecule has 5 nitrogen and oxygen atoms in total. The number of ether oxygens (including phenoxy) is 2. The maximum Gasteiger partial charge on any atom is 0.416 e. The number of benzene rings is 3. The lowest BCUT2D eigenvalue weighted by Crippen LogP contribution is -2.60. The van der Waals surface area contributed by atoms with E-state index in [9.17, 15) is 22.8 Å². The summed E-state index contributed by atoms with van der Waals surface area (Å²) < 4.78 is 50.4. The molecule has 0 radical (unpaired) electrons. The van der Waals surface area contributed by atoms with E-state index >= 15 is 0 Å². The third-order valence-electron chi connectivity index (χ3n) is 9.25. The summed E-state index contributed by atoms with van der Waals surface area (Å²) in [6.07, 6.45) is 1.80. The Balaban J connectivity index is 1.32. The lowest BCUT2D eigenvalue weighted by atomic mass is 9.47. The van der Waals surface area contributed by atoms with Gasteiger partial charge < -0.3 is 14.8 Å². The number of carbonyl (C=O) groups excluding carboxylic acids is 2. The third-order valence-corrected chi connectivity index (χ3v) is 9.49. The summed E-state index contributed by atoms with van der Waals surface area (Å²) >= 11 is 6.30. The van der Waals surface area contributed by atoms with Crippen molar-refractivity contribution < 1.29 is 32.2 Å². The van der Waals surface area contributed by atoms with Crippen LogP contribution in [0.3, 0.4) is 0 Å². The molecule has 3 aromatic carbocycles. The Labute approximate surface area is 241 Å². The molecule has 4 aliphatic rings. The Kier molecular flexibility index (Phi) is 7.17. The van der Waals surface area contributed by atoms with Gasteiger partial charge in [0.25, 0.3) is 5.91 Å². The lowest BCUT2D eigenvalue weighted by Gasteiger charge is -2.58. The number of amides is 1. The molecule has 4 saturated carbocycles. The molecule has 41 heavy (non-hydrogen) atoms. The zero-order chi connectivity index (χ0) is 28.9. The van der Waals surface area contributed by atoms with Gasteiger partial charge in [-0.05, 0) is 97.6 Å². The van der Waals surface area contributed by atoms with Crippen LogP contribution in [0.1, 0.15) is 60.0 Å². The number of fused-ring (bicyclic) bond motifs is 1. The zero-order valence-corrected chi connectivity index (χ0v) is 23.4. The normalized spacial score (nSPS) is 25.6. The van der Waals surface area contributed by atoms with E-state index in [0.717, 1.165) is 36.8 Å². The summed E-state index contributed by atoms with van der Waals surface area (Å²) in [4.78, 5) is 27.1. The Bertz CT molecular complexity index is 1450. The summed E-state index contributed by atoms with van der Waals surface area (Å²) in [7, 11) is 1.35. The third kappa shape index (κ3) is 5.39. The number of hydrogen-bond donors (Lipinski definition) is 1. The van der Waals surface area contributed by atoms with Crippen LogP contribution in [0.4, 0.5) is 13.2 Å². The van der Waals surface area contributed by atoms with Gasteiger partial charge in [-0.25, -0.2) is 4.79 Å². The van der Waals surface area contributed by atoms with Crippen LogP contribution in [-0.4, -0.2) is 25.0 Å². The summed E-state index contributed by atoms with van der Waals surface area (Å²) in [6.45, 7) is -0.0700. The van der Waals surface area contributed by atoms with Crippen LogP contribution < -0.4 is 10.1 Å². The van der Waals surface area contributed by atoms with E-state index in [2.05, 4.69) is 5.32 Å². The van der Waals surface area contributed by atoms with E-state index in [-0.39, 0.29) is 23.3 Å². The van der Waals surface area contributed by atoms with Crippen LogP contribution in [0, 0.1) is 23.2 Å². The largest absolute Gasteiger partial charge is 0.487 e. The van der Waals surface area contributed by atoms with E-state index in [1.165, 1.54) is 38.5 Å². The lowest BCUT2D eigenvalue weighted by molar-refractivity contribution is -0.154. The molecule has 216 valence electrons. The first-order valence-electron chi connectivity index (χ1n) is 13.9. The molecule has 1 atom stereocenters. The number of nitrogens with one attached hydrogen (secondary N) is 1. The van der Waals surface area contributed by atoms with Crippen molar-refractivity contribution in [1.82, 2.24) is 5.32 Å². The number of halogens is 4. The molecular formula is C32H31ClF3NO4. The maximum atomic E-state index is 13.9. The zero-order valence-electron chi connectivity index (χ0n) is 22.6. The second-order valence-corrected chi connectivity index (χ2v) is 12.4. The van der Waals surface area contributed by atoms with Gasteiger partial charge in [0.1, 0.15) is 18.4 Å². The van der Waals surface area contributed by atoms with Crippen molar-refractivity contribution in [2.75, 3.05) is 7.11 Å². The summed E-state index contributed by atoms with van der Waals surface area (Å²) in [5, 5.41) is 4.83. The maximum absolute atomic E-state index is 13.9. The Morgan fingerprint density at radius 3 is 2.17 bits per heavy atom. The van der Waals surface area contributed by atoms with Crippen LogP contribution in [-0.2, 0) is 22.3 Å². The molecule has 0 saturated heterocycles. The van der Waals surface area contributed by atoms with Crippen molar-refractivity contribution in [2.24, 2.45) is 23.2 Å². The van der Waals surface area contributed by atoms with Crippen LogP contribution in [0.15, 0.2) is 54.6 Å². The first-order valence-corrected chi connectivity index (χ1v) is 14.3. The molecule has 7 rings (SSSR count). The number of hydrogen-bond acceptors (Lipinski definition) is 4. The topological polar surface area (TPSA) is 64.6 Å². The van der Waals surface area contributed by atoms with Gasteiger partial charge in [-0.1, -0.05) is 35.9 Å². The van der Waals surface area contributed by atoms with Crippen LogP contribution in [0.2, 0.25) is 5.02 Å². The molecule has 9 heteroatoms. The van der Waals surface area contributed by atoms with Gasteiger partial charge in [0, 0.05) is 15.8 Å². The molecule has 0 spiro atoms. The minimum atomic E-state index is -4.44. The van der Waals surface area contributed by atoms with Crippen molar-refractivity contribution in [3.63, 3.8) is 0 Å². The number of alkyl halides is 3. The smallest absolute Gasteiger partial charge is 0.416 e. The van der Waals surface area contributed by atoms with E-state index < -0.39 is 29.7 Å². The number of esters is 1. The Morgan fingerprint density at radius 1 is 0.976 bits per heavy atom. The minimum absolute atomic E-state index is 0.0700. The predicted molar refractivity (Wildman–Crippen MR) is 149 cm³/mol. The molecule has 0 aliphatic heterocycles. The highest BCUT2D eigenvalue weighted by atomic mass is 35.5. The van der Waals surface area contributed by atoms with Crippen LogP contribution >= 0.6 is 11.6 Å². The predicted octanol–water partition coefficient (Wildman–Crippen LogP) is 7.58. The van der Waals surface area contributed by atoms with E-state index in [4.69, 9.17) is 21.1 Å². The fourth-order valence-corrected chi connectivity index (χ4v) is 8.04. The molecule has 4 bridgehead atoms. The van der Waals surface area contributed by atoms with Crippen molar-refractivity contribution in [3.8, 4) is 5.75 Å². The Hall–Kier alpha value is -3.26. The van der Waals surface area contributed by atoms with Gasteiger partial charge in [-0.2, -0.15) is 13.2 Å². The molecule has 0 unspecified atom stereocenters. The molecule has 3 aromatic rings. The van der Waals surface area contributed by atoms with Gasteiger partial charge >= 0.3 is 12.1 Å². The summed E-state index contributed by atoms with van der Waals surface area (Å²) in [5.74, 6) is 1.02. The summed E-state index contributed by atoms with van der Waals surface area (Å²) in [5.41, 5.74) is -0.370. The van der Waals surface area contributed by atoms with E-state index in [1.54, 1.807) is 30.3 Å². The van der Waals surface area contributed by atoms with Crippen LogP contribution in [0.25, 0.3) is 10.8 Å². The first kappa shape index (κ1) is 27.9. The molecule has 4 aliphatic carbocycles. The summed E-state index contributed by atoms with van der Waals surface area (Å²) in [6, 6.07) is 12.5. The molecule has 0 heterocycles. The average molecular weight is 586 g/mol. The number of rotatable bonds is 7. The number of carbonyl (C=O) groups is 2. The van der Waals surface area contributed by atoms with Crippen molar-refractivity contribution in [3.05, 3.63) is 76.3 Å².